The number of nitrogens with zero attached hydrogens (tertiary/aromatic N) is 1. The molecule has 6 heteroatoms. The predicted molar refractivity (Wildman–Crippen MR) is 67.5 cm³/mol. The second kappa shape index (κ2) is 6.79. The molecule has 1 heterocycles. The van der Waals surface area contributed by atoms with E-state index in [1.165, 1.54) is 12.3 Å². The predicted octanol–water partition coefficient (Wildman–Crippen LogP) is 2.28. The number of pyridine rings is 1. The normalized spacial score (nSPS) is 12.2. The highest BCUT2D eigenvalue weighted by Crippen LogP contribution is 2.17. The third-order valence-electron chi connectivity index (χ3n) is 2.30. The summed E-state index contributed by atoms with van der Waals surface area (Å²) in [5.74, 6) is -0.317. The summed E-state index contributed by atoms with van der Waals surface area (Å²) >= 11 is 11.5. The van der Waals surface area contributed by atoms with Gasteiger partial charge in [0, 0.05) is 12.7 Å². The number of rotatable bonds is 5. The van der Waals surface area contributed by atoms with Crippen LogP contribution < -0.4 is 5.32 Å². The minimum absolute atomic E-state index is 0.216. The molecule has 2 N–H and O–H groups in total. The van der Waals surface area contributed by atoms with Crippen LogP contribution in [0, 0.1) is 0 Å². The molecular formula is C11H14Cl2N2O2. The molecule has 4 nitrogen and oxygen atoms in total. The van der Waals surface area contributed by atoms with Gasteiger partial charge in [-0.25, -0.2) is 4.98 Å². The van der Waals surface area contributed by atoms with E-state index in [4.69, 9.17) is 23.2 Å². The number of carbonyl (C=O) groups excluding carboxylic acids is 1. The number of carbonyl (C=O) groups is 1. The van der Waals surface area contributed by atoms with Crippen LogP contribution >= 0.6 is 23.2 Å². The molecule has 1 aromatic rings. The van der Waals surface area contributed by atoms with E-state index in [1.807, 2.05) is 6.92 Å². The van der Waals surface area contributed by atoms with Crippen molar-refractivity contribution in [3.63, 3.8) is 0 Å². The Balaban J connectivity index is 2.55. The lowest BCUT2D eigenvalue weighted by atomic mass is 10.2. The Morgan fingerprint density at radius 1 is 1.59 bits per heavy atom. The van der Waals surface area contributed by atoms with Crippen LogP contribution in [0.15, 0.2) is 12.3 Å². The van der Waals surface area contributed by atoms with Crippen LogP contribution in [0.3, 0.4) is 0 Å². The second-order valence-electron chi connectivity index (χ2n) is 3.59. The second-order valence-corrected chi connectivity index (χ2v) is 4.39. The van der Waals surface area contributed by atoms with Crippen molar-refractivity contribution >= 4 is 29.1 Å². The molecule has 1 atom stereocenters. The van der Waals surface area contributed by atoms with Gasteiger partial charge in [-0.3, -0.25) is 4.79 Å². The average molecular weight is 277 g/mol. The fraction of sp³-hybridized carbons (Fsp3) is 0.455. The van der Waals surface area contributed by atoms with Crippen LogP contribution in [0.4, 0.5) is 0 Å². The van der Waals surface area contributed by atoms with E-state index >= 15 is 0 Å². The van der Waals surface area contributed by atoms with Crippen molar-refractivity contribution in [2.75, 3.05) is 6.54 Å². The summed E-state index contributed by atoms with van der Waals surface area (Å²) in [4.78, 5) is 15.5. The molecule has 1 aromatic heterocycles. The fourth-order valence-corrected chi connectivity index (χ4v) is 1.59. The lowest BCUT2D eigenvalue weighted by Crippen LogP contribution is -2.27. The highest BCUT2D eigenvalue weighted by Gasteiger charge is 2.11. The lowest BCUT2D eigenvalue weighted by molar-refractivity contribution is 0.0942. The molecule has 0 aromatic carbocycles. The molecule has 1 unspecified atom stereocenters. The summed E-state index contributed by atoms with van der Waals surface area (Å²) in [5.41, 5.74) is 0.289. The first-order valence-electron chi connectivity index (χ1n) is 5.32. The molecule has 0 aliphatic rings. The topological polar surface area (TPSA) is 62.2 Å². The van der Waals surface area contributed by atoms with Gasteiger partial charge in [0.2, 0.25) is 0 Å². The van der Waals surface area contributed by atoms with Crippen LogP contribution in [0.25, 0.3) is 0 Å². The largest absolute Gasteiger partial charge is 0.393 e. The summed E-state index contributed by atoms with van der Waals surface area (Å²) in [5, 5.41) is 12.5. The molecule has 0 radical (unpaired) electrons. The van der Waals surface area contributed by atoms with Crippen molar-refractivity contribution in [2.24, 2.45) is 0 Å². The van der Waals surface area contributed by atoms with Crippen LogP contribution in [0.5, 0.6) is 0 Å². The van der Waals surface area contributed by atoms with Crippen molar-refractivity contribution in [1.82, 2.24) is 10.3 Å². The molecular weight excluding hydrogens is 263 g/mol. The van der Waals surface area contributed by atoms with E-state index in [0.29, 0.717) is 19.4 Å². The van der Waals surface area contributed by atoms with E-state index in [2.05, 4.69) is 10.3 Å². The lowest BCUT2D eigenvalue weighted by Gasteiger charge is -2.09. The van der Waals surface area contributed by atoms with Gasteiger partial charge >= 0.3 is 0 Å². The van der Waals surface area contributed by atoms with Crippen LogP contribution in [-0.4, -0.2) is 28.6 Å². The number of amides is 1. The van der Waals surface area contributed by atoms with Gasteiger partial charge in [0.25, 0.3) is 5.91 Å². The molecule has 0 fully saturated rings. The van der Waals surface area contributed by atoms with E-state index in [1.54, 1.807) is 0 Å². The first-order valence-corrected chi connectivity index (χ1v) is 6.07. The quantitative estimate of drug-likeness (QED) is 0.812. The fourth-order valence-electron chi connectivity index (χ4n) is 1.24. The SMILES string of the molecule is CCC(O)CCNC(=O)c1cc(Cl)ncc1Cl. The first kappa shape index (κ1) is 14.2. The zero-order valence-electron chi connectivity index (χ0n) is 9.41. The third-order valence-corrected chi connectivity index (χ3v) is 2.81. The Hall–Kier alpha value is -0.840. The van der Waals surface area contributed by atoms with Crippen molar-refractivity contribution in [1.29, 1.82) is 0 Å². The molecule has 0 spiro atoms. The highest BCUT2D eigenvalue weighted by atomic mass is 35.5. The molecule has 1 amide bonds. The summed E-state index contributed by atoms with van der Waals surface area (Å²) < 4.78 is 0. The minimum Gasteiger partial charge on any atom is -0.393 e. The molecule has 0 aliphatic carbocycles. The van der Waals surface area contributed by atoms with Crippen molar-refractivity contribution in [3.05, 3.63) is 28.0 Å². The van der Waals surface area contributed by atoms with Crippen LogP contribution in [0.2, 0.25) is 10.2 Å². The van der Waals surface area contributed by atoms with Gasteiger partial charge in [-0.15, -0.1) is 0 Å². The van der Waals surface area contributed by atoms with Crippen molar-refractivity contribution < 1.29 is 9.90 Å². The first-order chi connectivity index (χ1) is 8.04. The molecule has 0 saturated heterocycles. The standard InChI is InChI=1S/C11H14Cl2N2O2/c1-2-7(16)3-4-14-11(17)8-5-10(13)15-6-9(8)12/h5-7,16H,2-4H2,1H3,(H,14,17). The van der Waals surface area contributed by atoms with Gasteiger partial charge in [0.05, 0.1) is 16.7 Å². The van der Waals surface area contributed by atoms with Gasteiger partial charge in [-0.2, -0.15) is 0 Å². The van der Waals surface area contributed by atoms with Crippen molar-refractivity contribution in [3.8, 4) is 0 Å². The van der Waals surface area contributed by atoms with E-state index < -0.39 is 6.10 Å². The number of halogens is 2. The summed E-state index contributed by atoms with van der Waals surface area (Å²) in [6, 6.07) is 1.41. The monoisotopic (exact) mass is 276 g/mol. The number of aromatic nitrogens is 1. The maximum absolute atomic E-state index is 11.7. The Morgan fingerprint density at radius 3 is 2.94 bits per heavy atom. The zero-order valence-corrected chi connectivity index (χ0v) is 10.9. The summed E-state index contributed by atoms with van der Waals surface area (Å²) in [6.07, 6.45) is 2.11. The Morgan fingerprint density at radius 2 is 2.29 bits per heavy atom. The Labute approximate surface area is 110 Å². The maximum Gasteiger partial charge on any atom is 0.252 e. The molecule has 94 valence electrons. The zero-order chi connectivity index (χ0) is 12.8. The molecule has 0 bridgehead atoms. The Bertz CT molecular complexity index is 399. The van der Waals surface area contributed by atoms with Gasteiger partial charge in [-0.05, 0) is 18.9 Å². The average Bonchev–Trinajstić information content (AvgIpc) is 2.31. The van der Waals surface area contributed by atoms with E-state index in [0.717, 1.165) is 0 Å². The molecule has 0 saturated carbocycles. The third kappa shape index (κ3) is 4.50. The number of aliphatic hydroxyl groups is 1. The smallest absolute Gasteiger partial charge is 0.252 e. The highest BCUT2D eigenvalue weighted by molar-refractivity contribution is 6.35. The van der Waals surface area contributed by atoms with Crippen LogP contribution in [0.1, 0.15) is 30.1 Å². The summed E-state index contributed by atoms with van der Waals surface area (Å²) in [6.45, 7) is 2.27. The maximum atomic E-state index is 11.7. The minimum atomic E-state index is -0.396. The van der Waals surface area contributed by atoms with Gasteiger partial charge < -0.3 is 10.4 Å². The Kier molecular flexibility index (Phi) is 5.68. The summed E-state index contributed by atoms with van der Waals surface area (Å²) in [7, 11) is 0. The van der Waals surface area contributed by atoms with E-state index in [-0.39, 0.29) is 21.6 Å². The van der Waals surface area contributed by atoms with Crippen molar-refractivity contribution in [2.45, 2.75) is 25.9 Å². The van der Waals surface area contributed by atoms with Gasteiger partial charge in [0.1, 0.15) is 5.15 Å². The molecule has 17 heavy (non-hydrogen) atoms. The van der Waals surface area contributed by atoms with E-state index in [9.17, 15) is 9.90 Å². The van der Waals surface area contributed by atoms with Gasteiger partial charge in [-0.1, -0.05) is 30.1 Å². The number of aliphatic hydroxyl groups excluding tert-OH is 1. The molecule has 1 rings (SSSR count). The van der Waals surface area contributed by atoms with Crippen LogP contribution in [-0.2, 0) is 0 Å². The number of hydrogen-bond donors (Lipinski definition) is 2. The number of nitrogens with one attached hydrogen (secondary N) is 1. The molecule has 0 aliphatic heterocycles. The van der Waals surface area contributed by atoms with Gasteiger partial charge in [0.15, 0.2) is 0 Å². The number of hydrogen-bond acceptors (Lipinski definition) is 3.